The lowest BCUT2D eigenvalue weighted by atomic mass is 10.2. The second-order valence-corrected chi connectivity index (χ2v) is 5.44. The van der Waals surface area contributed by atoms with Crippen molar-refractivity contribution in [2.24, 2.45) is 11.7 Å². The van der Waals surface area contributed by atoms with Gasteiger partial charge in [0.2, 0.25) is 0 Å². The second kappa shape index (κ2) is 5.04. The highest BCUT2D eigenvalue weighted by atomic mass is 32.1. The molecule has 3 rings (SSSR count). The Morgan fingerprint density at radius 3 is 2.94 bits per heavy atom. The fraction of sp³-hybridized carbons (Fsp3) is 0.385. The topological polar surface area (TPSA) is 63.8 Å². The maximum atomic E-state index is 5.60. The van der Waals surface area contributed by atoms with Crippen molar-refractivity contribution in [2.75, 3.05) is 11.9 Å². The summed E-state index contributed by atoms with van der Waals surface area (Å²) < 4.78 is 0. The molecule has 0 aromatic carbocycles. The van der Waals surface area contributed by atoms with Gasteiger partial charge in [0, 0.05) is 18.5 Å². The van der Waals surface area contributed by atoms with Gasteiger partial charge in [0.1, 0.15) is 5.69 Å². The number of nitrogens with one attached hydrogen (secondary N) is 1. The quantitative estimate of drug-likeness (QED) is 0.867. The van der Waals surface area contributed by atoms with Crippen LogP contribution in [0.1, 0.15) is 18.5 Å². The first-order chi connectivity index (χ1) is 8.85. The predicted molar refractivity (Wildman–Crippen MR) is 74.5 cm³/mol. The first-order valence-electron chi connectivity index (χ1n) is 6.21. The predicted octanol–water partition coefficient (Wildman–Crippen LogP) is 2.49. The molecule has 1 saturated carbocycles. The maximum Gasteiger partial charge on any atom is 0.183 e. The van der Waals surface area contributed by atoms with Crippen molar-refractivity contribution < 1.29 is 0 Å². The molecule has 0 amide bonds. The Labute approximate surface area is 110 Å². The average Bonchev–Trinajstić information content (AvgIpc) is 3.13. The van der Waals surface area contributed by atoms with E-state index >= 15 is 0 Å². The minimum atomic E-state index is 0.463. The van der Waals surface area contributed by atoms with Crippen molar-refractivity contribution in [1.82, 2.24) is 9.97 Å². The summed E-state index contributed by atoms with van der Waals surface area (Å²) in [5, 5.41) is 6.40. The van der Waals surface area contributed by atoms with Crippen molar-refractivity contribution >= 4 is 16.5 Å². The Balaban J connectivity index is 1.74. The van der Waals surface area contributed by atoms with Crippen LogP contribution in [-0.4, -0.2) is 16.5 Å². The maximum absolute atomic E-state index is 5.60. The minimum absolute atomic E-state index is 0.463. The van der Waals surface area contributed by atoms with Gasteiger partial charge in [-0.05, 0) is 30.9 Å². The highest BCUT2D eigenvalue weighted by Crippen LogP contribution is 2.30. The smallest absolute Gasteiger partial charge is 0.183 e. The average molecular weight is 260 g/mol. The fourth-order valence-electron chi connectivity index (χ4n) is 1.76. The molecule has 0 atom stereocenters. The van der Waals surface area contributed by atoms with Crippen LogP contribution in [0.15, 0.2) is 23.6 Å². The standard InChI is InChI=1S/C13H16N4S/c14-6-10-2-1-3-11(16-10)12-8-18-13(17-12)15-7-9-4-5-9/h1-3,8-9H,4-7,14H2,(H,15,17). The van der Waals surface area contributed by atoms with Crippen LogP contribution in [0.2, 0.25) is 0 Å². The third kappa shape index (κ3) is 2.68. The summed E-state index contributed by atoms with van der Waals surface area (Å²) in [7, 11) is 0. The summed E-state index contributed by atoms with van der Waals surface area (Å²) in [6.45, 7) is 1.51. The first-order valence-corrected chi connectivity index (χ1v) is 7.09. The molecule has 94 valence electrons. The van der Waals surface area contributed by atoms with E-state index in [4.69, 9.17) is 5.73 Å². The van der Waals surface area contributed by atoms with E-state index in [0.717, 1.165) is 34.7 Å². The highest BCUT2D eigenvalue weighted by molar-refractivity contribution is 7.14. The molecule has 18 heavy (non-hydrogen) atoms. The van der Waals surface area contributed by atoms with E-state index in [1.54, 1.807) is 11.3 Å². The zero-order chi connectivity index (χ0) is 12.4. The number of rotatable bonds is 5. The summed E-state index contributed by atoms with van der Waals surface area (Å²) in [6.07, 6.45) is 2.71. The molecule has 0 unspecified atom stereocenters. The van der Waals surface area contributed by atoms with E-state index in [1.807, 2.05) is 23.6 Å². The van der Waals surface area contributed by atoms with Crippen molar-refractivity contribution in [3.63, 3.8) is 0 Å². The summed E-state index contributed by atoms with van der Waals surface area (Å²) in [5.41, 5.74) is 8.32. The van der Waals surface area contributed by atoms with Gasteiger partial charge >= 0.3 is 0 Å². The molecule has 2 heterocycles. The molecule has 0 spiro atoms. The molecule has 2 aromatic rings. The van der Waals surface area contributed by atoms with Crippen molar-refractivity contribution in [2.45, 2.75) is 19.4 Å². The molecular formula is C13H16N4S. The summed E-state index contributed by atoms with van der Waals surface area (Å²) in [4.78, 5) is 9.03. The lowest BCUT2D eigenvalue weighted by Gasteiger charge is -2.00. The number of hydrogen-bond acceptors (Lipinski definition) is 5. The van der Waals surface area contributed by atoms with Crippen molar-refractivity contribution in [1.29, 1.82) is 0 Å². The molecule has 5 heteroatoms. The first kappa shape index (κ1) is 11.6. The Morgan fingerprint density at radius 2 is 2.17 bits per heavy atom. The van der Waals surface area contributed by atoms with Gasteiger partial charge in [-0.25, -0.2) is 9.97 Å². The van der Waals surface area contributed by atoms with Crippen LogP contribution in [0.25, 0.3) is 11.4 Å². The molecule has 1 aliphatic carbocycles. The van der Waals surface area contributed by atoms with E-state index in [9.17, 15) is 0 Å². The normalized spacial score (nSPS) is 14.7. The minimum Gasteiger partial charge on any atom is -0.361 e. The van der Waals surface area contributed by atoms with Gasteiger partial charge in [0.15, 0.2) is 5.13 Å². The van der Waals surface area contributed by atoms with Crippen LogP contribution < -0.4 is 11.1 Å². The molecule has 0 bridgehead atoms. The number of thiazole rings is 1. The summed E-state index contributed by atoms with van der Waals surface area (Å²) >= 11 is 1.63. The molecule has 3 N–H and O–H groups in total. The third-order valence-electron chi connectivity index (χ3n) is 3.02. The number of nitrogens with zero attached hydrogens (tertiary/aromatic N) is 2. The molecule has 0 saturated heterocycles. The van der Waals surface area contributed by atoms with Gasteiger partial charge in [-0.3, -0.25) is 0 Å². The lowest BCUT2D eigenvalue weighted by molar-refractivity contribution is 0.887. The number of anilines is 1. The Hall–Kier alpha value is -1.46. The van der Waals surface area contributed by atoms with Crippen LogP contribution in [0.3, 0.4) is 0 Å². The van der Waals surface area contributed by atoms with Crippen LogP contribution in [-0.2, 0) is 6.54 Å². The number of nitrogens with two attached hydrogens (primary N) is 1. The van der Waals surface area contributed by atoms with E-state index in [1.165, 1.54) is 12.8 Å². The van der Waals surface area contributed by atoms with Gasteiger partial charge in [-0.2, -0.15) is 0 Å². The molecule has 1 fully saturated rings. The van der Waals surface area contributed by atoms with E-state index < -0.39 is 0 Å². The Bertz CT molecular complexity index is 533. The molecule has 4 nitrogen and oxygen atoms in total. The van der Waals surface area contributed by atoms with E-state index in [-0.39, 0.29) is 0 Å². The highest BCUT2D eigenvalue weighted by Gasteiger charge is 2.21. The lowest BCUT2D eigenvalue weighted by Crippen LogP contribution is -2.02. The van der Waals surface area contributed by atoms with Gasteiger partial charge < -0.3 is 11.1 Å². The van der Waals surface area contributed by atoms with Gasteiger partial charge in [-0.1, -0.05) is 6.07 Å². The van der Waals surface area contributed by atoms with Gasteiger partial charge in [-0.15, -0.1) is 11.3 Å². The number of hydrogen-bond donors (Lipinski definition) is 2. The van der Waals surface area contributed by atoms with Crippen LogP contribution in [0.5, 0.6) is 0 Å². The van der Waals surface area contributed by atoms with Crippen LogP contribution in [0.4, 0.5) is 5.13 Å². The van der Waals surface area contributed by atoms with Crippen LogP contribution >= 0.6 is 11.3 Å². The second-order valence-electron chi connectivity index (χ2n) is 4.58. The van der Waals surface area contributed by atoms with Crippen molar-refractivity contribution in [3.05, 3.63) is 29.3 Å². The fourth-order valence-corrected chi connectivity index (χ4v) is 2.48. The van der Waals surface area contributed by atoms with Crippen LogP contribution in [0, 0.1) is 5.92 Å². The molecule has 2 aromatic heterocycles. The Kier molecular flexibility index (Phi) is 3.25. The zero-order valence-electron chi connectivity index (χ0n) is 10.1. The number of aromatic nitrogens is 2. The molecule has 1 aliphatic rings. The largest absolute Gasteiger partial charge is 0.361 e. The molecule has 0 aliphatic heterocycles. The number of pyridine rings is 1. The van der Waals surface area contributed by atoms with Gasteiger partial charge in [0.05, 0.1) is 11.4 Å². The molecular weight excluding hydrogens is 244 g/mol. The van der Waals surface area contributed by atoms with E-state index in [2.05, 4.69) is 15.3 Å². The van der Waals surface area contributed by atoms with Crippen molar-refractivity contribution in [3.8, 4) is 11.4 Å². The zero-order valence-corrected chi connectivity index (χ0v) is 10.9. The summed E-state index contributed by atoms with van der Waals surface area (Å²) in [6, 6.07) is 5.88. The summed E-state index contributed by atoms with van der Waals surface area (Å²) in [5.74, 6) is 0.857. The third-order valence-corrected chi connectivity index (χ3v) is 3.82. The van der Waals surface area contributed by atoms with E-state index in [0.29, 0.717) is 6.54 Å². The monoisotopic (exact) mass is 260 g/mol. The Morgan fingerprint density at radius 1 is 1.28 bits per heavy atom. The van der Waals surface area contributed by atoms with Gasteiger partial charge in [0.25, 0.3) is 0 Å². The SMILES string of the molecule is NCc1cccc(-c2csc(NCC3CC3)n2)n1. The molecule has 0 radical (unpaired) electrons.